The van der Waals surface area contributed by atoms with E-state index < -0.39 is 6.03 Å². The second-order valence-corrected chi connectivity index (χ2v) is 6.06. The third-order valence-corrected chi connectivity index (χ3v) is 3.86. The molecule has 27 heavy (non-hydrogen) atoms. The molecule has 2 heterocycles. The van der Waals surface area contributed by atoms with E-state index in [0.29, 0.717) is 36.2 Å². The van der Waals surface area contributed by atoms with Crippen molar-refractivity contribution < 1.29 is 14.3 Å². The standard InChI is InChI=1S/C17H17ClN6O3/c18-11-1-2-15(27-10-13-8-20-3-4-26-13)14(5-11)23-17(25)24-16-9-21-12(6-19)7-22-16/h1-2,5,7,9,13,20H,3-4,8,10H2,(H2,22,23,24,25)/t13-/m0/s1. The first kappa shape index (κ1) is 18.8. The summed E-state index contributed by atoms with van der Waals surface area (Å²) in [5.74, 6) is 0.673. The molecule has 0 aliphatic carbocycles. The lowest BCUT2D eigenvalue weighted by Gasteiger charge is -2.24. The Balaban J connectivity index is 1.62. The molecular weight excluding hydrogens is 372 g/mol. The highest BCUT2D eigenvalue weighted by Crippen LogP contribution is 2.28. The first-order valence-corrected chi connectivity index (χ1v) is 8.56. The summed E-state index contributed by atoms with van der Waals surface area (Å²) in [4.78, 5) is 20.0. The van der Waals surface area contributed by atoms with E-state index in [4.69, 9.17) is 26.3 Å². The van der Waals surface area contributed by atoms with Crippen molar-refractivity contribution in [2.75, 3.05) is 36.9 Å². The SMILES string of the molecule is N#Cc1cnc(NC(=O)Nc2cc(Cl)ccc2OC[C@@H]2CNCCO2)cn1. The largest absolute Gasteiger partial charge is 0.489 e. The summed E-state index contributed by atoms with van der Waals surface area (Å²) in [6.45, 7) is 2.50. The van der Waals surface area contributed by atoms with Gasteiger partial charge in [-0.1, -0.05) is 11.6 Å². The number of morpholine rings is 1. The number of carbonyl (C=O) groups excluding carboxylic acids is 1. The lowest BCUT2D eigenvalue weighted by Crippen LogP contribution is -2.41. The van der Waals surface area contributed by atoms with Crippen molar-refractivity contribution in [2.24, 2.45) is 0 Å². The van der Waals surface area contributed by atoms with Gasteiger partial charge in [0.05, 0.1) is 24.7 Å². The number of carbonyl (C=O) groups is 1. The zero-order valence-electron chi connectivity index (χ0n) is 14.2. The number of benzene rings is 1. The van der Waals surface area contributed by atoms with Gasteiger partial charge in [0.25, 0.3) is 0 Å². The molecule has 1 fully saturated rings. The second-order valence-electron chi connectivity index (χ2n) is 5.63. The molecular formula is C17H17ClN6O3. The highest BCUT2D eigenvalue weighted by atomic mass is 35.5. The fourth-order valence-electron chi connectivity index (χ4n) is 2.36. The first-order chi connectivity index (χ1) is 13.1. The quantitative estimate of drug-likeness (QED) is 0.716. The fourth-order valence-corrected chi connectivity index (χ4v) is 2.53. The predicted octanol–water partition coefficient (Wildman–Crippen LogP) is 2.01. The molecule has 2 aromatic rings. The van der Waals surface area contributed by atoms with Crippen LogP contribution >= 0.6 is 11.6 Å². The summed E-state index contributed by atoms with van der Waals surface area (Å²) in [7, 11) is 0. The lowest BCUT2D eigenvalue weighted by molar-refractivity contribution is 0.000352. The van der Waals surface area contributed by atoms with Crippen molar-refractivity contribution in [3.63, 3.8) is 0 Å². The van der Waals surface area contributed by atoms with E-state index in [-0.39, 0.29) is 17.6 Å². The number of anilines is 2. The minimum absolute atomic E-state index is 0.0648. The molecule has 0 spiro atoms. The highest BCUT2D eigenvalue weighted by molar-refractivity contribution is 6.31. The minimum Gasteiger partial charge on any atom is -0.489 e. The van der Waals surface area contributed by atoms with Gasteiger partial charge in [0.15, 0.2) is 11.5 Å². The minimum atomic E-state index is -0.545. The Morgan fingerprint density at radius 3 is 3.00 bits per heavy atom. The summed E-state index contributed by atoms with van der Waals surface area (Å²) in [6, 6.07) is 6.24. The van der Waals surface area contributed by atoms with Crippen LogP contribution in [-0.4, -0.2) is 48.4 Å². The Hall–Kier alpha value is -2.93. The molecule has 0 radical (unpaired) electrons. The van der Waals surface area contributed by atoms with Crippen molar-refractivity contribution in [2.45, 2.75) is 6.10 Å². The van der Waals surface area contributed by atoms with Crippen LogP contribution in [0, 0.1) is 11.3 Å². The van der Waals surface area contributed by atoms with Gasteiger partial charge < -0.3 is 20.1 Å². The van der Waals surface area contributed by atoms with Gasteiger partial charge >= 0.3 is 6.03 Å². The van der Waals surface area contributed by atoms with Gasteiger partial charge in [-0.3, -0.25) is 5.32 Å². The van der Waals surface area contributed by atoms with E-state index >= 15 is 0 Å². The number of nitrogens with zero attached hydrogens (tertiary/aromatic N) is 3. The number of amides is 2. The van der Waals surface area contributed by atoms with Gasteiger partial charge in [0.2, 0.25) is 0 Å². The van der Waals surface area contributed by atoms with Crippen LogP contribution in [0.25, 0.3) is 0 Å². The first-order valence-electron chi connectivity index (χ1n) is 8.19. The van der Waals surface area contributed by atoms with Crippen molar-refractivity contribution in [3.05, 3.63) is 41.3 Å². The van der Waals surface area contributed by atoms with E-state index in [0.717, 1.165) is 6.54 Å². The molecule has 3 N–H and O–H groups in total. The van der Waals surface area contributed by atoms with E-state index in [2.05, 4.69) is 25.9 Å². The number of aromatic nitrogens is 2. The van der Waals surface area contributed by atoms with Crippen molar-refractivity contribution in [3.8, 4) is 11.8 Å². The lowest BCUT2D eigenvalue weighted by atomic mass is 10.3. The van der Waals surface area contributed by atoms with E-state index in [1.165, 1.54) is 12.4 Å². The van der Waals surface area contributed by atoms with E-state index in [1.54, 1.807) is 18.2 Å². The van der Waals surface area contributed by atoms with Crippen LogP contribution in [0.5, 0.6) is 5.75 Å². The smallest absolute Gasteiger partial charge is 0.325 e. The van der Waals surface area contributed by atoms with Gasteiger partial charge in [-0.05, 0) is 18.2 Å². The number of hydrogen-bond donors (Lipinski definition) is 3. The third kappa shape index (κ3) is 5.52. The molecule has 2 amide bonds. The monoisotopic (exact) mass is 388 g/mol. The average molecular weight is 389 g/mol. The Labute approximate surface area is 160 Å². The Morgan fingerprint density at radius 1 is 1.41 bits per heavy atom. The summed E-state index contributed by atoms with van der Waals surface area (Å²) in [5.41, 5.74) is 0.566. The van der Waals surface area contributed by atoms with Crippen LogP contribution in [0.2, 0.25) is 5.02 Å². The second kappa shape index (κ2) is 9.14. The maximum atomic E-state index is 12.2. The molecule has 0 saturated carbocycles. The molecule has 3 rings (SSSR count). The molecule has 1 aliphatic heterocycles. The Kier molecular flexibility index (Phi) is 6.38. The highest BCUT2D eigenvalue weighted by Gasteiger charge is 2.16. The number of ether oxygens (including phenoxy) is 2. The number of nitriles is 1. The molecule has 1 saturated heterocycles. The van der Waals surface area contributed by atoms with Gasteiger partial charge in [-0.2, -0.15) is 5.26 Å². The maximum Gasteiger partial charge on any atom is 0.325 e. The zero-order valence-corrected chi connectivity index (χ0v) is 15.0. The molecule has 1 aromatic carbocycles. The molecule has 1 atom stereocenters. The predicted molar refractivity (Wildman–Crippen MR) is 98.9 cm³/mol. The van der Waals surface area contributed by atoms with E-state index in [1.807, 2.05) is 6.07 Å². The van der Waals surface area contributed by atoms with Gasteiger partial charge in [0, 0.05) is 18.1 Å². The molecule has 0 unspecified atom stereocenters. The molecule has 1 aromatic heterocycles. The Bertz CT molecular complexity index is 834. The van der Waals surface area contributed by atoms with Gasteiger partial charge in [0.1, 0.15) is 24.5 Å². The summed E-state index contributed by atoms with van der Waals surface area (Å²) in [5, 5.41) is 17.6. The molecule has 140 valence electrons. The van der Waals surface area contributed by atoms with Crippen molar-refractivity contribution in [1.29, 1.82) is 5.26 Å². The van der Waals surface area contributed by atoms with Crippen LogP contribution in [0.4, 0.5) is 16.3 Å². The summed E-state index contributed by atoms with van der Waals surface area (Å²) >= 11 is 6.03. The van der Waals surface area contributed by atoms with Crippen LogP contribution in [0.3, 0.4) is 0 Å². The molecule has 0 bridgehead atoms. The van der Waals surface area contributed by atoms with Crippen LogP contribution in [0.1, 0.15) is 5.69 Å². The fraction of sp³-hybridized carbons (Fsp3) is 0.294. The topological polar surface area (TPSA) is 121 Å². The Morgan fingerprint density at radius 2 is 2.30 bits per heavy atom. The number of halogens is 1. The number of urea groups is 1. The maximum absolute atomic E-state index is 12.2. The van der Waals surface area contributed by atoms with Crippen LogP contribution in [0.15, 0.2) is 30.6 Å². The summed E-state index contributed by atoms with van der Waals surface area (Å²) < 4.78 is 11.4. The average Bonchev–Trinajstić information content (AvgIpc) is 2.69. The van der Waals surface area contributed by atoms with Gasteiger partial charge in [-0.25, -0.2) is 14.8 Å². The van der Waals surface area contributed by atoms with E-state index in [9.17, 15) is 4.79 Å². The van der Waals surface area contributed by atoms with Crippen LogP contribution < -0.4 is 20.7 Å². The zero-order chi connectivity index (χ0) is 19.1. The molecule has 10 heteroatoms. The van der Waals surface area contributed by atoms with Crippen LogP contribution in [-0.2, 0) is 4.74 Å². The van der Waals surface area contributed by atoms with Crippen molar-refractivity contribution >= 4 is 29.1 Å². The van der Waals surface area contributed by atoms with Crippen molar-refractivity contribution in [1.82, 2.24) is 15.3 Å². The normalized spacial score (nSPS) is 16.2. The molecule has 1 aliphatic rings. The molecule has 9 nitrogen and oxygen atoms in total. The van der Waals surface area contributed by atoms with Gasteiger partial charge in [-0.15, -0.1) is 0 Å². The number of rotatable bonds is 5. The number of nitrogens with one attached hydrogen (secondary N) is 3. The number of hydrogen-bond acceptors (Lipinski definition) is 7. The summed E-state index contributed by atoms with van der Waals surface area (Å²) in [6.07, 6.45) is 2.49. The third-order valence-electron chi connectivity index (χ3n) is 3.63.